The predicted octanol–water partition coefficient (Wildman–Crippen LogP) is 4.21. The predicted molar refractivity (Wildman–Crippen MR) is 74.8 cm³/mol. The van der Waals surface area contributed by atoms with Crippen LogP contribution in [-0.2, 0) is 0 Å². The van der Waals surface area contributed by atoms with E-state index in [9.17, 15) is 0 Å². The summed E-state index contributed by atoms with van der Waals surface area (Å²) in [6, 6.07) is 0. The zero-order valence-electron chi connectivity index (χ0n) is 12.2. The second kappa shape index (κ2) is 4.91. The molecule has 6 unspecified atom stereocenters. The Morgan fingerprint density at radius 3 is 2.18 bits per heavy atom. The number of hydrogen-bond acceptors (Lipinski definition) is 1. The van der Waals surface area contributed by atoms with Crippen LogP contribution in [0.4, 0.5) is 0 Å². The van der Waals surface area contributed by atoms with E-state index < -0.39 is 0 Å². The van der Waals surface area contributed by atoms with E-state index in [4.69, 9.17) is 5.73 Å². The minimum atomic E-state index is 0.154. The molecule has 0 aromatic rings. The van der Waals surface area contributed by atoms with Crippen LogP contribution in [0, 0.1) is 29.6 Å². The maximum Gasteiger partial charge on any atom is 0.0209 e. The van der Waals surface area contributed by atoms with Crippen molar-refractivity contribution in [1.29, 1.82) is 0 Å². The average Bonchev–Trinajstić information content (AvgIpc) is 2.28. The van der Waals surface area contributed by atoms with E-state index in [1.807, 2.05) is 0 Å². The van der Waals surface area contributed by atoms with Gasteiger partial charge in [0.25, 0.3) is 0 Å². The van der Waals surface area contributed by atoms with E-state index >= 15 is 0 Å². The summed E-state index contributed by atoms with van der Waals surface area (Å²) in [5.74, 6) is 4.18. The van der Waals surface area contributed by atoms with Crippen LogP contribution < -0.4 is 5.73 Å². The molecule has 2 fully saturated rings. The molecule has 2 aliphatic rings. The topological polar surface area (TPSA) is 26.0 Å². The molecule has 0 saturated heterocycles. The highest BCUT2D eigenvalue weighted by Crippen LogP contribution is 2.46. The van der Waals surface area contributed by atoms with Gasteiger partial charge in [-0.1, -0.05) is 34.1 Å². The van der Waals surface area contributed by atoms with E-state index in [-0.39, 0.29) is 5.54 Å². The summed E-state index contributed by atoms with van der Waals surface area (Å²) in [5, 5.41) is 0. The molecule has 1 nitrogen and oxygen atoms in total. The van der Waals surface area contributed by atoms with E-state index in [1.54, 1.807) is 0 Å². The molecule has 0 aromatic heterocycles. The fourth-order valence-corrected chi connectivity index (χ4v) is 4.33. The van der Waals surface area contributed by atoms with Crippen LogP contribution in [0.5, 0.6) is 0 Å². The monoisotopic (exact) mass is 237 g/mol. The van der Waals surface area contributed by atoms with E-state index in [1.165, 1.54) is 38.5 Å². The third-order valence-electron chi connectivity index (χ3n) is 6.10. The Morgan fingerprint density at radius 2 is 1.59 bits per heavy atom. The molecule has 2 N–H and O–H groups in total. The zero-order chi connectivity index (χ0) is 12.6. The van der Waals surface area contributed by atoms with Crippen molar-refractivity contribution in [3.63, 3.8) is 0 Å². The Bertz CT molecular complexity index is 262. The smallest absolute Gasteiger partial charge is 0.0209 e. The van der Waals surface area contributed by atoms with Crippen LogP contribution in [0.15, 0.2) is 0 Å². The van der Waals surface area contributed by atoms with Crippen molar-refractivity contribution in [2.45, 2.75) is 71.8 Å². The lowest BCUT2D eigenvalue weighted by molar-refractivity contribution is 0.0518. The van der Waals surface area contributed by atoms with Gasteiger partial charge in [0.05, 0.1) is 0 Å². The van der Waals surface area contributed by atoms with Crippen molar-refractivity contribution in [3.8, 4) is 0 Å². The highest BCUT2D eigenvalue weighted by molar-refractivity contribution is 5.00. The second-order valence-electron chi connectivity index (χ2n) is 7.36. The molecular formula is C16H31N. The van der Waals surface area contributed by atoms with Gasteiger partial charge in [0.15, 0.2) is 0 Å². The molecule has 0 aromatic carbocycles. The molecular weight excluding hydrogens is 206 g/mol. The average molecular weight is 237 g/mol. The number of nitrogens with two attached hydrogens (primary N) is 1. The highest BCUT2D eigenvalue weighted by Gasteiger charge is 2.44. The van der Waals surface area contributed by atoms with E-state index in [0.717, 1.165) is 29.6 Å². The van der Waals surface area contributed by atoms with Crippen LogP contribution in [-0.4, -0.2) is 5.54 Å². The molecule has 0 heterocycles. The largest absolute Gasteiger partial charge is 0.325 e. The van der Waals surface area contributed by atoms with Gasteiger partial charge in [-0.15, -0.1) is 0 Å². The molecule has 100 valence electrons. The van der Waals surface area contributed by atoms with Crippen molar-refractivity contribution < 1.29 is 0 Å². The number of rotatable bonds is 1. The lowest BCUT2D eigenvalue weighted by Gasteiger charge is -2.50. The van der Waals surface area contributed by atoms with Gasteiger partial charge in [-0.25, -0.2) is 0 Å². The van der Waals surface area contributed by atoms with Gasteiger partial charge in [-0.3, -0.25) is 0 Å². The van der Waals surface area contributed by atoms with Gasteiger partial charge in [0.1, 0.15) is 0 Å². The summed E-state index contributed by atoms with van der Waals surface area (Å²) in [5.41, 5.74) is 7.00. The summed E-state index contributed by atoms with van der Waals surface area (Å²) in [4.78, 5) is 0. The standard InChI is InChI=1S/C16H31N/c1-11-7-8-16(17,14(4)9-11)15-6-5-12(2)13(3)10-15/h11-15H,5-10,17H2,1-4H3. The first-order valence-electron chi connectivity index (χ1n) is 7.72. The Kier molecular flexibility index (Phi) is 3.87. The third kappa shape index (κ3) is 2.54. The summed E-state index contributed by atoms with van der Waals surface area (Å²) in [6.45, 7) is 9.63. The maximum atomic E-state index is 6.85. The Labute approximate surface area is 108 Å². The Hall–Kier alpha value is -0.0400. The second-order valence-corrected chi connectivity index (χ2v) is 7.36. The van der Waals surface area contributed by atoms with Crippen molar-refractivity contribution >= 4 is 0 Å². The van der Waals surface area contributed by atoms with Gasteiger partial charge >= 0.3 is 0 Å². The SMILES string of the molecule is CC1CCC(N)(C2CCC(C)C(C)C2)C(C)C1. The van der Waals surface area contributed by atoms with Crippen LogP contribution in [0.2, 0.25) is 0 Å². The van der Waals surface area contributed by atoms with Crippen molar-refractivity contribution in [2.75, 3.05) is 0 Å². The molecule has 0 radical (unpaired) electrons. The molecule has 0 spiro atoms. The summed E-state index contributed by atoms with van der Waals surface area (Å²) >= 11 is 0. The lowest BCUT2D eigenvalue weighted by atomic mass is 9.59. The maximum absolute atomic E-state index is 6.85. The molecule has 2 rings (SSSR count). The molecule has 0 bridgehead atoms. The molecule has 1 heteroatoms. The first-order chi connectivity index (χ1) is 7.93. The molecule has 0 aliphatic heterocycles. The van der Waals surface area contributed by atoms with Crippen molar-refractivity contribution in [2.24, 2.45) is 35.3 Å². The fraction of sp³-hybridized carbons (Fsp3) is 1.00. The van der Waals surface area contributed by atoms with Crippen LogP contribution in [0.3, 0.4) is 0 Å². The summed E-state index contributed by atoms with van der Waals surface area (Å²) < 4.78 is 0. The van der Waals surface area contributed by atoms with Crippen LogP contribution in [0.1, 0.15) is 66.2 Å². The third-order valence-corrected chi connectivity index (χ3v) is 6.10. The van der Waals surface area contributed by atoms with Crippen molar-refractivity contribution in [1.82, 2.24) is 0 Å². The summed E-state index contributed by atoms with van der Waals surface area (Å²) in [7, 11) is 0. The first-order valence-corrected chi connectivity index (χ1v) is 7.72. The van der Waals surface area contributed by atoms with Crippen LogP contribution >= 0.6 is 0 Å². The molecule has 2 saturated carbocycles. The van der Waals surface area contributed by atoms with Gasteiger partial charge in [0.2, 0.25) is 0 Å². The summed E-state index contributed by atoms with van der Waals surface area (Å²) in [6.07, 6.45) is 8.10. The van der Waals surface area contributed by atoms with Gasteiger partial charge < -0.3 is 5.73 Å². The van der Waals surface area contributed by atoms with Crippen molar-refractivity contribution in [3.05, 3.63) is 0 Å². The minimum absolute atomic E-state index is 0.154. The quantitative estimate of drug-likeness (QED) is 0.726. The lowest BCUT2D eigenvalue weighted by Crippen LogP contribution is -2.56. The molecule has 0 amide bonds. The normalized spacial score (nSPS) is 52.4. The zero-order valence-corrected chi connectivity index (χ0v) is 12.2. The Morgan fingerprint density at radius 1 is 0.882 bits per heavy atom. The Balaban J connectivity index is 2.05. The molecule has 6 atom stereocenters. The minimum Gasteiger partial charge on any atom is -0.325 e. The number of hydrogen-bond donors (Lipinski definition) is 1. The fourth-order valence-electron chi connectivity index (χ4n) is 4.33. The van der Waals surface area contributed by atoms with Gasteiger partial charge in [-0.05, 0) is 61.7 Å². The molecule has 2 aliphatic carbocycles. The highest BCUT2D eigenvalue weighted by atomic mass is 14.8. The molecule has 17 heavy (non-hydrogen) atoms. The van der Waals surface area contributed by atoms with E-state index in [2.05, 4.69) is 27.7 Å². The van der Waals surface area contributed by atoms with E-state index in [0.29, 0.717) is 0 Å². The first kappa shape index (κ1) is 13.4. The van der Waals surface area contributed by atoms with Gasteiger partial charge in [0, 0.05) is 5.54 Å². The van der Waals surface area contributed by atoms with Crippen LogP contribution in [0.25, 0.3) is 0 Å². The van der Waals surface area contributed by atoms with Gasteiger partial charge in [-0.2, -0.15) is 0 Å².